The fraction of sp³-hybridized carbons (Fsp3) is 0.429. The summed E-state index contributed by atoms with van der Waals surface area (Å²) in [5.74, 6) is -0.958. The van der Waals surface area contributed by atoms with Crippen LogP contribution in [-0.2, 0) is 20.9 Å². The number of urea groups is 1. The van der Waals surface area contributed by atoms with Gasteiger partial charge in [-0.05, 0) is 12.0 Å². The lowest BCUT2D eigenvalue weighted by Crippen LogP contribution is -2.53. The fourth-order valence-corrected chi connectivity index (χ4v) is 2.00. The quantitative estimate of drug-likeness (QED) is 0.682. The number of primary amides is 1. The van der Waals surface area contributed by atoms with Crippen LogP contribution in [0.15, 0.2) is 30.3 Å². The number of carbonyl (C=O) groups excluding carboxylic acids is 2. The molecule has 0 aliphatic heterocycles. The molecule has 1 rings (SSSR count). The van der Waals surface area contributed by atoms with E-state index in [2.05, 4.69) is 4.84 Å². The summed E-state index contributed by atoms with van der Waals surface area (Å²) in [6.07, 6.45) is -1.23. The van der Waals surface area contributed by atoms with Gasteiger partial charge in [0.15, 0.2) is 6.10 Å². The molecule has 3 amide bonds. The van der Waals surface area contributed by atoms with Crippen LogP contribution in [0.2, 0.25) is 0 Å². The minimum atomic E-state index is -1.56. The van der Waals surface area contributed by atoms with Crippen LogP contribution >= 0.6 is 0 Å². The topological polar surface area (TPSA) is 105 Å². The molecule has 1 aromatic rings. The Kier molecular flexibility index (Phi) is 6.93. The number of imide groups is 1. The number of hydrogen-bond acceptors (Lipinski definition) is 6. The Hall–Kier alpha value is -2.00. The fourth-order valence-electron chi connectivity index (χ4n) is 2.00. The Morgan fingerprint density at radius 2 is 1.82 bits per heavy atom. The summed E-state index contributed by atoms with van der Waals surface area (Å²) in [5.41, 5.74) is 5.93. The summed E-state index contributed by atoms with van der Waals surface area (Å²) in [6, 6.07) is 7.43. The molecule has 122 valence electrons. The van der Waals surface area contributed by atoms with Gasteiger partial charge in [-0.25, -0.2) is 4.79 Å². The Bertz CT molecular complexity index is 497. The first-order valence-electron chi connectivity index (χ1n) is 6.58. The molecule has 0 aromatic heterocycles. The number of carbonyl (C=O) groups is 2. The van der Waals surface area contributed by atoms with Crippen LogP contribution in [-0.4, -0.2) is 60.6 Å². The molecular weight excluding hydrogens is 290 g/mol. The van der Waals surface area contributed by atoms with Gasteiger partial charge in [0, 0.05) is 7.05 Å². The average molecular weight is 311 g/mol. The molecule has 0 saturated carbocycles. The Morgan fingerprint density at radius 3 is 2.27 bits per heavy atom. The highest BCUT2D eigenvalue weighted by molar-refractivity contribution is 5.94. The maximum Gasteiger partial charge on any atom is 0.346 e. The van der Waals surface area contributed by atoms with Crippen molar-refractivity contribution in [1.29, 1.82) is 0 Å². The molecule has 0 saturated heterocycles. The smallest absolute Gasteiger partial charge is 0.346 e. The number of rotatable bonds is 7. The lowest BCUT2D eigenvalue weighted by Gasteiger charge is -2.30. The SMILES string of the molecule is CON(C(N)=O)C(=O)[C@H](O)[C@H](Cc1ccccc1)N(C)OC. The van der Waals surface area contributed by atoms with Crippen LogP contribution in [0.25, 0.3) is 0 Å². The monoisotopic (exact) mass is 311 g/mol. The van der Waals surface area contributed by atoms with Crippen molar-refractivity contribution in [3.05, 3.63) is 35.9 Å². The first kappa shape index (κ1) is 18.1. The van der Waals surface area contributed by atoms with Gasteiger partial charge >= 0.3 is 6.03 Å². The number of aliphatic hydroxyl groups is 1. The third-order valence-electron chi connectivity index (χ3n) is 3.24. The van der Waals surface area contributed by atoms with Crippen molar-refractivity contribution in [2.75, 3.05) is 21.3 Å². The summed E-state index contributed by atoms with van der Waals surface area (Å²) in [4.78, 5) is 33.0. The molecule has 8 heteroatoms. The molecule has 0 fully saturated rings. The van der Waals surface area contributed by atoms with E-state index in [1.54, 1.807) is 7.05 Å². The molecule has 0 radical (unpaired) electrons. The van der Waals surface area contributed by atoms with E-state index in [4.69, 9.17) is 10.6 Å². The molecular formula is C14H21N3O5. The summed E-state index contributed by atoms with van der Waals surface area (Å²) in [6.45, 7) is 0. The third kappa shape index (κ3) is 4.50. The molecule has 0 unspecified atom stereocenters. The highest BCUT2D eigenvalue weighted by Crippen LogP contribution is 2.14. The highest BCUT2D eigenvalue weighted by atomic mass is 16.7. The van der Waals surface area contributed by atoms with E-state index < -0.39 is 24.1 Å². The summed E-state index contributed by atoms with van der Waals surface area (Å²) >= 11 is 0. The molecule has 8 nitrogen and oxygen atoms in total. The van der Waals surface area contributed by atoms with Gasteiger partial charge < -0.3 is 15.7 Å². The zero-order valence-electron chi connectivity index (χ0n) is 12.8. The van der Waals surface area contributed by atoms with Crippen LogP contribution in [0.3, 0.4) is 0 Å². The second-order valence-electron chi connectivity index (χ2n) is 4.58. The minimum absolute atomic E-state index is 0.312. The largest absolute Gasteiger partial charge is 0.381 e. The van der Waals surface area contributed by atoms with E-state index in [0.29, 0.717) is 11.5 Å². The van der Waals surface area contributed by atoms with Gasteiger partial charge in [0.25, 0.3) is 5.91 Å². The second kappa shape index (κ2) is 8.44. The van der Waals surface area contributed by atoms with Crippen LogP contribution in [0, 0.1) is 0 Å². The van der Waals surface area contributed by atoms with E-state index >= 15 is 0 Å². The summed E-state index contributed by atoms with van der Waals surface area (Å²) < 4.78 is 0. The first-order chi connectivity index (χ1) is 10.4. The number of aliphatic hydroxyl groups excluding tert-OH is 1. The first-order valence-corrected chi connectivity index (χ1v) is 6.58. The number of likely N-dealkylation sites (N-methyl/N-ethyl adjacent to an activating group) is 1. The number of hydrogen-bond donors (Lipinski definition) is 2. The predicted octanol–water partition coefficient (Wildman–Crippen LogP) is -0.0795. The van der Waals surface area contributed by atoms with Crippen molar-refractivity contribution in [3.63, 3.8) is 0 Å². The van der Waals surface area contributed by atoms with E-state index in [-0.39, 0.29) is 0 Å². The number of benzene rings is 1. The lowest BCUT2D eigenvalue weighted by molar-refractivity contribution is -0.192. The minimum Gasteiger partial charge on any atom is -0.381 e. The normalized spacial score (nSPS) is 13.7. The Balaban J connectivity index is 2.95. The standard InChI is InChI=1S/C14H21N3O5/c1-16(21-2)11(9-10-7-5-4-6-8-10)12(18)13(19)17(22-3)14(15)20/h4-8,11-12,18H,9H2,1-3H3,(H2,15,20)/t11-,12+/m0/s1. The van der Waals surface area contributed by atoms with Crippen molar-refractivity contribution in [1.82, 2.24) is 10.1 Å². The highest BCUT2D eigenvalue weighted by Gasteiger charge is 2.35. The molecule has 3 N–H and O–H groups in total. The predicted molar refractivity (Wildman–Crippen MR) is 78.2 cm³/mol. The van der Waals surface area contributed by atoms with E-state index in [0.717, 1.165) is 12.7 Å². The maximum absolute atomic E-state index is 12.1. The third-order valence-corrected chi connectivity index (χ3v) is 3.24. The van der Waals surface area contributed by atoms with E-state index in [9.17, 15) is 14.7 Å². The van der Waals surface area contributed by atoms with Gasteiger partial charge in [-0.3, -0.25) is 9.63 Å². The van der Waals surface area contributed by atoms with Gasteiger partial charge in [0.2, 0.25) is 0 Å². The van der Waals surface area contributed by atoms with Crippen LogP contribution in [0.1, 0.15) is 5.56 Å². The van der Waals surface area contributed by atoms with Gasteiger partial charge in [-0.1, -0.05) is 30.3 Å². The van der Waals surface area contributed by atoms with E-state index in [1.165, 1.54) is 12.2 Å². The zero-order valence-corrected chi connectivity index (χ0v) is 12.8. The van der Waals surface area contributed by atoms with Crippen LogP contribution < -0.4 is 5.73 Å². The summed E-state index contributed by atoms with van der Waals surface area (Å²) in [7, 11) is 4.10. The number of nitrogens with two attached hydrogens (primary N) is 1. The van der Waals surface area contributed by atoms with Crippen LogP contribution in [0.5, 0.6) is 0 Å². The molecule has 0 aliphatic rings. The van der Waals surface area contributed by atoms with Crippen LogP contribution in [0.4, 0.5) is 4.79 Å². The Labute approximate surface area is 128 Å². The summed E-state index contributed by atoms with van der Waals surface area (Å²) in [5, 5.41) is 11.9. The number of amides is 3. The number of hydroxylamine groups is 4. The zero-order chi connectivity index (χ0) is 16.7. The second-order valence-corrected chi connectivity index (χ2v) is 4.58. The van der Waals surface area contributed by atoms with Crippen molar-refractivity contribution in [2.45, 2.75) is 18.6 Å². The molecule has 0 heterocycles. The lowest BCUT2D eigenvalue weighted by atomic mass is 10.0. The molecule has 22 heavy (non-hydrogen) atoms. The van der Waals surface area contributed by atoms with Gasteiger partial charge in [-0.15, -0.1) is 5.06 Å². The van der Waals surface area contributed by atoms with Gasteiger partial charge in [-0.2, -0.15) is 5.06 Å². The van der Waals surface area contributed by atoms with Crippen molar-refractivity contribution in [3.8, 4) is 0 Å². The van der Waals surface area contributed by atoms with Crippen molar-refractivity contribution in [2.24, 2.45) is 5.73 Å². The number of nitrogens with zero attached hydrogens (tertiary/aromatic N) is 2. The molecule has 0 spiro atoms. The van der Waals surface area contributed by atoms with E-state index in [1.807, 2.05) is 30.3 Å². The average Bonchev–Trinajstić information content (AvgIpc) is 2.52. The van der Waals surface area contributed by atoms with Crippen molar-refractivity contribution >= 4 is 11.9 Å². The molecule has 0 bridgehead atoms. The maximum atomic E-state index is 12.1. The molecule has 1 aromatic carbocycles. The molecule has 2 atom stereocenters. The van der Waals surface area contributed by atoms with Gasteiger partial charge in [0.05, 0.1) is 20.3 Å². The van der Waals surface area contributed by atoms with Gasteiger partial charge in [0.1, 0.15) is 0 Å². The molecule has 0 aliphatic carbocycles. The van der Waals surface area contributed by atoms with Crippen molar-refractivity contribution < 1.29 is 24.4 Å². The Morgan fingerprint density at radius 1 is 1.23 bits per heavy atom.